The first-order valence-corrected chi connectivity index (χ1v) is 8.76. The number of carbonyl (C=O) groups excluding carboxylic acids is 1. The molecule has 0 unspecified atom stereocenters. The molecule has 1 aromatic rings. The van der Waals surface area contributed by atoms with Crippen LogP contribution in [0.15, 0.2) is 30.3 Å². The Morgan fingerprint density at radius 1 is 1.28 bits per heavy atom. The first-order chi connectivity index (χ1) is 12.0. The van der Waals surface area contributed by atoms with Crippen molar-refractivity contribution in [3.05, 3.63) is 35.9 Å². The van der Waals surface area contributed by atoms with Crippen LogP contribution in [0.3, 0.4) is 0 Å². The number of hydrogen-bond acceptors (Lipinski definition) is 3. The minimum atomic E-state index is -0.910. The third-order valence-electron chi connectivity index (χ3n) is 5.17. The van der Waals surface area contributed by atoms with Gasteiger partial charge in [-0.3, -0.25) is 4.79 Å². The van der Waals surface area contributed by atoms with Crippen molar-refractivity contribution in [3.8, 4) is 0 Å². The molecular formula is C19H28N2O4. The average Bonchev–Trinajstić information content (AvgIpc) is 2.65. The van der Waals surface area contributed by atoms with Crippen LogP contribution in [0.1, 0.15) is 43.6 Å². The third kappa shape index (κ3) is 5.46. The zero-order valence-electron chi connectivity index (χ0n) is 15.0. The zero-order chi connectivity index (χ0) is 18.3. The summed E-state index contributed by atoms with van der Waals surface area (Å²) in [4.78, 5) is 24.1. The Bertz CT molecular complexity index is 568. The molecule has 0 spiro atoms. The van der Waals surface area contributed by atoms with Crippen molar-refractivity contribution in [1.82, 2.24) is 10.2 Å². The van der Waals surface area contributed by atoms with Crippen LogP contribution in [0.4, 0.5) is 4.79 Å². The molecule has 0 atom stereocenters. The van der Waals surface area contributed by atoms with Gasteiger partial charge in [0.15, 0.2) is 0 Å². The Balaban J connectivity index is 1.84. The number of benzene rings is 1. The lowest BCUT2D eigenvalue weighted by Crippen LogP contribution is -2.49. The van der Waals surface area contributed by atoms with Gasteiger partial charge in [0.05, 0.1) is 12.0 Å². The van der Waals surface area contributed by atoms with Crippen molar-refractivity contribution in [2.24, 2.45) is 0 Å². The Labute approximate surface area is 149 Å². The van der Waals surface area contributed by atoms with Crippen LogP contribution in [0, 0.1) is 0 Å². The number of nitrogens with zero attached hydrogens (tertiary/aromatic N) is 1. The van der Waals surface area contributed by atoms with Crippen LogP contribution >= 0.6 is 0 Å². The summed E-state index contributed by atoms with van der Waals surface area (Å²) in [5.74, 6) is -0.370. The number of carboxylic acids is 1. The molecule has 1 aliphatic carbocycles. The Hall–Kier alpha value is -2.08. The highest BCUT2D eigenvalue weighted by Crippen LogP contribution is 2.39. The van der Waals surface area contributed by atoms with Crippen molar-refractivity contribution in [2.75, 3.05) is 27.2 Å². The second kappa shape index (κ2) is 8.85. The summed E-state index contributed by atoms with van der Waals surface area (Å²) >= 11 is 0. The fourth-order valence-electron chi connectivity index (χ4n) is 3.39. The SMILES string of the molecule is COC1(CNC(=O)N(C)CCC(=O)O)CCC(c2ccccc2)CC1. The lowest BCUT2D eigenvalue weighted by molar-refractivity contribution is -0.137. The second-order valence-electron chi connectivity index (χ2n) is 6.80. The summed E-state index contributed by atoms with van der Waals surface area (Å²) in [5, 5.41) is 11.6. The minimum absolute atomic E-state index is 0.0574. The summed E-state index contributed by atoms with van der Waals surface area (Å²) in [7, 11) is 3.30. The summed E-state index contributed by atoms with van der Waals surface area (Å²) in [6.07, 6.45) is 3.79. The van der Waals surface area contributed by atoms with Crippen molar-refractivity contribution in [2.45, 2.75) is 43.6 Å². The Kier molecular flexibility index (Phi) is 6.82. The maximum atomic E-state index is 12.1. The van der Waals surface area contributed by atoms with E-state index in [2.05, 4.69) is 29.6 Å². The van der Waals surface area contributed by atoms with Gasteiger partial charge in [-0.05, 0) is 37.2 Å². The molecule has 2 N–H and O–H groups in total. The van der Waals surface area contributed by atoms with Crippen LogP contribution in [0.25, 0.3) is 0 Å². The summed E-state index contributed by atoms with van der Waals surface area (Å²) in [5.41, 5.74) is 1.03. The van der Waals surface area contributed by atoms with Gasteiger partial charge in [0.2, 0.25) is 0 Å². The second-order valence-corrected chi connectivity index (χ2v) is 6.80. The van der Waals surface area contributed by atoms with Gasteiger partial charge in [0.1, 0.15) is 0 Å². The molecule has 0 aliphatic heterocycles. The fourth-order valence-corrected chi connectivity index (χ4v) is 3.39. The lowest BCUT2D eigenvalue weighted by atomic mass is 9.76. The first-order valence-electron chi connectivity index (χ1n) is 8.76. The molecule has 2 rings (SSSR count). The highest BCUT2D eigenvalue weighted by atomic mass is 16.5. The normalized spacial score (nSPS) is 23.0. The molecule has 0 radical (unpaired) electrons. The fraction of sp³-hybridized carbons (Fsp3) is 0.579. The molecule has 2 amide bonds. The molecule has 1 aromatic carbocycles. The number of rotatable bonds is 7. The minimum Gasteiger partial charge on any atom is -0.481 e. The van der Waals surface area contributed by atoms with Crippen molar-refractivity contribution in [1.29, 1.82) is 0 Å². The predicted molar refractivity (Wildman–Crippen MR) is 95.7 cm³/mol. The summed E-state index contributed by atoms with van der Waals surface area (Å²) in [6.45, 7) is 0.637. The highest BCUT2D eigenvalue weighted by Gasteiger charge is 2.36. The lowest BCUT2D eigenvalue weighted by Gasteiger charge is -2.39. The third-order valence-corrected chi connectivity index (χ3v) is 5.17. The molecule has 25 heavy (non-hydrogen) atoms. The highest BCUT2D eigenvalue weighted by molar-refractivity contribution is 5.75. The van der Waals surface area contributed by atoms with Gasteiger partial charge < -0.3 is 20.1 Å². The Morgan fingerprint density at radius 3 is 2.48 bits per heavy atom. The number of nitrogens with one attached hydrogen (secondary N) is 1. The number of methoxy groups -OCH3 is 1. The van der Waals surface area contributed by atoms with E-state index in [4.69, 9.17) is 9.84 Å². The number of urea groups is 1. The number of hydrogen-bond donors (Lipinski definition) is 2. The largest absolute Gasteiger partial charge is 0.481 e. The molecule has 6 heteroatoms. The topological polar surface area (TPSA) is 78.9 Å². The van der Waals surface area contributed by atoms with Crippen LogP contribution in [-0.4, -0.2) is 54.9 Å². The monoisotopic (exact) mass is 348 g/mol. The molecular weight excluding hydrogens is 320 g/mol. The maximum absolute atomic E-state index is 12.1. The maximum Gasteiger partial charge on any atom is 0.317 e. The van der Waals surface area contributed by atoms with E-state index in [9.17, 15) is 9.59 Å². The molecule has 1 saturated carbocycles. The Morgan fingerprint density at radius 2 is 1.92 bits per heavy atom. The zero-order valence-corrected chi connectivity index (χ0v) is 15.0. The number of carbonyl (C=O) groups is 2. The van der Waals surface area contributed by atoms with Gasteiger partial charge in [0, 0.05) is 27.2 Å². The van der Waals surface area contributed by atoms with E-state index < -0.39 is 5.97 Å². The van der Waals surface area contributed by atoms with E-state index >= 15 is 0 Å². The quantitative estimate of drug-likeness (QED) is 0.794. The van der Waals surface area contributed by atoms with E-state index in [1.54, 1.807) is 14.2 Å². The molecule has 1 fully saturated rings. The van der Waals surface area contributed by atoms with E-state index in [-0.39, 0.29) is 24.6 Å². The van der Waals surface area contributed by atoms with Gasteiger partial charge in [-0.2, -0.15) is 0 Å². The molecule has 0 saturated heterocycles. The van der Waals surface area contributed by atoms with Crippen LogP contribution in [0.5, 0.6) is 0 Å². The van der Waals surface area contributed by atoms with Gasteiger partial charge in [-0.25, -0.2) is 4.79 Å². The number of aliphatic carboxylic acids is 1. The molecule has 138 valence electrons. The van der Waals surface area contributed by atoms with Gasteiger partial charge in [0.25, 0.3) is 0 Å². The standard InChI is InChI=1S/C19H28N2O4/c1-21(13-10-17(22)23)18(24)20-14-19(25-2)11-8-16(9-12-19)15-6-4-3-5-7-15/h3-7,16H,8-14H2,1-2H3,(H,20,24)(H,22,23). The smallest absolute Gasteiger partial charge is 0.317 e. The van der Waals surface area contributed by atoms with Gasteiger partial charge in [-0.1, -0.05) is 30.3 Å². The van der Waals surface area contributed by atoms with Crippen LogP contribution in [-0.2, 0) is 9.53 Å². The molecule has 0 aromatic heterocycles. The molecule has 6 nitrogen and oxygen atoms in total. The summed E-state index contributed by atoms with van der Waals surface area (Å²) < 4.78 is 5.76. The molecule has 0 heterocycles. The van der Waals surface area contributed by atoms with Gasteiger partial charge in [-0.15, -0.1) is 0 Å². The van der Waals surface area contributed by atoms with Crippen LogP contribution < -0.4 is 5.32 Å². The predicted octanol–water partition coefficient (Wildman–Crippen LogP) is 2.85. The van der Waals surface area contributed by atoms with E-state index in [0.717, 1.165) is 25.7 Å². The van der Waals surface area contributed by atoms with E-state index in [1.807, 2.05) is 6.07 Å². The van der Waals surface area contributed by atoms with Crippen LogP contribution in [0.2, 0.25) is 0 Å². The van der Waals surface area contributed by atoms with Gasteiger partial charge >= 0.3 is 12.0 Å². The molecule has 0 bridgehead atoms. The van der Waals surface area contributed by atoms with E-state index in [1.165, 1.54) is 10.5 Å². The molecule has 1 aliphatic rings. The first kappa shape index (κ1) is 19.2. The van der Waals surface area contributed by atoms with Crippen molar-refractivity contribution in [3.63, 3.8) is 0 Å². The van der Waals surface area contributed by atoms with Crippen molar-refractivity contribution < 1.29 is 19.4 Å². The number of amides is 2. The number of carboxylic acid groups (broad SMARTS) is 1. The van der Waals surface area contributed by atoms with Crippen molar-refractivity contribution >= 4 is 12.0 Å². The number of ether oxygens (including phenoxy) is 1. The van der Waals surface area contributed by atoms with E-state index in [0.29, 0.717) is 12.5 Å². The average molecular weight is 348 g/mol. The summed E-state index contributed by atoms with van der Waals surface area (Å²) in [6, 6.07) is 10.2.